The molecule has 0 aliphatic carbocycles. The number of hydrogen-bond donors (Lipinski definition) is 1. The molecular formula is C15H24BrN. The Bertz CT molecular complexity index is 347. The van der Waals surface area contributed by atoms with Gasteiger partial charge in [-0.2, -0.15) is 0 Å². The lowest BCUT2D eigenvalue weighted by atomic mass is 10.00. The second-order valence-corrected chi connectivity index (χ2v) is 5.55. The standard InChI is InChI=1S/C15H24BrN/c1-4-17-9-7-5-6-8-14-10-13(3)15(16)11-12(14)2/h10-11,17H,4-9H2,1-3H3. The van der Waals surface area contributed by atoms with Gasteiger partial charge in [0.05, 0.1) is 0 Å². The Morgan fingerprint density at radius 3 is 2.53 bits per heavy atom. The Hall–Kier alpha value is -0.340. The van der Waals surface area contributed by atoms with Crippen molar-refractivity contribution in [2.24, 2.45) is 0 Å². The Morgan fingerprint density at radius 2 is 1.82 bits per heavy atom. The Morgan fingerprint density at radius 1 is 1.06 bits per heavy atom. The summed E-state index contributed by atoms with van der Waals surface area (Å²) in [6.45, 7) is 8.78. The molecule has 0 spiro atoms. The highest BCUT2D eigenvalue weighted by Crippen LogP contribution is 2.22. The van der Waals surface area contributed by atoms with Crippen molar-refractivity contribution in [3.63, 3.8) is 0 Å². The monoisotopic (exact) mass is 297 g/mol. The van der Waals surface area contributed by atoms with Gasteiger partial charge in [0.1, 0.15) is 0 Å². The van der Waals surface area contributed by atoms with Crippen molar-refractivity contribution in [3.8, 4) is 0 Å². The number of hydrogen-bond acceptors (Lipinski definition) is 1. The average Bonchev–Trinajstić information content (AvgIpc) is 2.30. The predicted octanol–water partition coefficient (Wildman–Crippen LogP) is 4.39. The quantitative estimate of drug-likeness (QED) is 0.736. The summed E-state index contributed by atoms with van der Waals surface area (Å²) >= 11 is 3.58. The molecule has 0 saturated heterocycles. The topological polar surface area (TPSA) is 12.0 Å². The van der Waals surface area contributed by atoms with Gasteiger partial charge >= 0.3 is 0 Å². The second-order valence-electron chi connectivity index (χ2n) is 4.69. The lowest BCUT2D eigenvalue weighted by molar-refractivity contribution is 0.616. The zero-order valence-corrected chi connectivity index (χ0v) is 12.9. The molecule has 0 aliphatic rings. The molecule has 0 aromatic heterocycles. The first-order valence-electron chi connectivity index (χ1n) is 6.61. The molecule has 0 heterocycles. The third-order valence-corrected chi connectivity index (χ3v) is 4.02. The second kappa shape index (κ2) is 7.88. The van der Waals surface area contributed by atoms with E-state index in [2.05, 4.69) is 54.2 Å². The van der Waals surface area contributed by atoms with Crippen molar-refractivity contribution in [2.45, 2.75) is 46.5 Å². The van der Waals surface area contributed by atoms with E-state index in [1.54, 1.807) is 0 Å². The molecule has 1 nitrogen and oxygen atoms in total. The molecule has 0 fully saturated rings. The van der Waals surface area contributed by atoms with Crippen molar-refractivity contribution >= 4 is 15.9 Å². The van der Waals surface area contributed by atoms with Crippen LogP contribution in [0.25, 0.3) is 0 Å². The predicted molar refractivity (Wildman–Crippen MR) is 79.7 cm³/mol. The maximum absolute atomic E-state index is 3.58. The lowest BCUT2D eigenvalue weighted by Crippen LogP contribution is -2.13. The number of unbranched alkanes of at least 4 members (excludes halogenated alkanes) is 2. The number of rotatable bonds is 7. The van der Waals surface area contributed by atoms with Crippen molar-refractivity contribution < 1.29 is 0 Å². The molecule has 0 radical (unpaired) electrons. The molecule has 1 aromatic rings. The van der Waals surface area contributed by atoms with Crippen LogP contribution in [0.3, 0.4) is 0 Å². The van der Waals surface area contributed by atoms with Gasteiger partial charge in [0, 0.05) is 4.47 Å². The Labute approximate surface area is 114 Å². The SMILES string of the molecule is CCNCCCCCc1cc(C)c(Br)cc1C. The molecular weight excluding hydrogens is 274 g/mol. The summed E-state index contributed by atoms with van der Waals surface area (Å²) in [5, 5.41) is 3.37. The van der Waals surface area contributed by atoms with Crippen LogP contribution in [0.5, 0.6) is 0 Å². The van der Waals surface area contributed by atoms with Crippen molar-refractivity contribution in [1.29, 1.82) is 0 Å². The van der Waals surface area contributed by atoms with Gasteiger partial charge in [-0.05, 0) is 69.0 Å². The molecule has 1 aromatic carbocycles. The van der Waals surface area contributed by atoms with E-state index in [1.807, 2.05) is 0 Å². The highest BCUT2D eigenvalue weighted by Gasteiger charge is 2.02. The van der Waals surface area contributed by atoms with Crippen LogP contribution in [0, 0.1) is 13.8 Å². The minimum atomic E-state index is 1.09. The minimum absolute atomic E-state index is 1.09. The smallest absolute Gasteiger partial charge is 0.0207 e. The lowest BCUT2D eigenvalue weighted by Gasteiger charge is -2.09. The zero-order valence-electron chi connectivity index (χ0n) is 11.3. The Kier molecular flexibility index (Phi) is 6.83. The molecule has 0 bridgehead atoms. The van der Waals surface area contributed by atoms with Crippen LogP contribution in [0.1, 0.15) is 42.9 Å². The van der Waals surface area contributed by atoms with E-state index in [0.717, 1.165) is 13.1 Å². The molecule has 0 atom stereocenters. The van der Waals surface area contributed by atoms with Gasteiger partial charge in [-0.3, -0.25) is 0 Å². The molecule has 96 valence electrons. The van der Waals surface area contributed by atoms with Crippen LogP contribution in [-0.4, -0.2) is 13.1 Å². The summed E-state index contributed by atoms with van der Waals surface area (Å²) in [5.41, 5.74) is 4.27. The highest BCUT2D eigenvalue weighted by atomic mass is 79.9. The van der Waals surface area contributed by atoms with Gasteiger partial charge in [-0.25, -0.2) is 0 Å². The average molecular weight is 298 g/mol. The molecule has 17 heavy (non-hydrogen) atoms. The fraction of sp³-hybridized carbons (Fsp3) is 0.600. The first kappa shape index (κ1) is 14.7. The molecule has 0 unspecified atom stereocenters. The van der Waals surface area contributed by atoms with E-state index in [0.29, 0.717) is 0 Å². The molecule has 1 N–H and O–H groups in total. The number of aryl methyl sites for hydroxylation is 3. The largest absolute Gasteiger partial charge is 0.317 e. The third-order valence-electron chi connectivity index (χ3n) is 3.17. The van der Waals surface area contributed by atoms with Crippen molar-refractivity contribution in [3.05, 3.63) is 33.3 Å². The van der Waals surface area contributed by atoms with Crippen molar-refractivity contribution in [2.75, 3.05) is 13.1 Å². The molecule has 0 aliphatic heterocycles. The van der Waals surface area contributed by atoms with E-state index in [9.17, 15) is 0 Å². The normalized spacial score (nSPS) is 10.8. The summed E-state index contributed by atoms with van der Waals surface area (Å²) in [5.74, 6) is 0. The summed E-state index contributed by atoms with van der Waals surface area (Å²) in [7, 11) is 0. The van der Waals surface area contributed by atoms with E-state index >= 15 is 0 Å². The van der Waals surface area contributed by atoms with Gasteiger partial charge in [0.15, 0.2) is 0 Å². The summed E-state index contributed by atoms with van der Waals surface area (Å²) in [6, 6.07) is 4.56. The molecule has 0 amide bonds. The van der Waals surface area contributed by atoms with E-state index < -0.39 is 0 Å². The van der Waals surface area contributed by atoms with Crippen LogP contribution < -0.4 is 5.32 Å². The van der Waals surface area contributed by atoms with Gasteiger partial charge in [-0.1, -0.05) is 35.3 Å². The van der Waals surface area contributed by atoms with Crippen LogP contribution in [0.2, 0.25) is 0 Å². The van der Waals surface area contributed by atoms with E-state index in [4.69, 9.17) is 0 Å². The van der Waals surface area contributed by atoms with E-state index in [1.165, 1.54) is 46.8 Å². The minimum Gasteiger partial charge on any atom is -0.317 e. The first-order valence-corrected chi connectivity index (χ1v) is 7.40. The fourth-order valence-electron chi connectivity index (χ4n) is 2.03. The number of benzene rings is 1. The van der Waals surface area contributed by atoms with Gasteiger partial charge in [0.2, 0.25) is 0 Å². The maximum Gasteiger partial charge on any atom is 0.0207 e. The molecule has 0 saturated carbocycles. The van der Waals surface area contributed by atoms with Crippen LogP contribution in [0.4, 0.5) is 0 Å². The fourth-order valence-corrected chi connectivity index (χ4v) is 2.49. The summed E-state index contributed by atoms with van der Waals surface area (Å²) in [4.78, 5) is 0. The van der Waals surface area contributed by atoms with Gasteiger partial charge in [0.25, 0.3) is 0 Å². The van der Waals surface area contributed by atoms with Crippen LogP contribution >= 0.6 is 15.9 Å². The maximum atomic E-state index is 3.58. The van der Waals surface area contributed by atoms with Gasteiger partial charge in [-0.15, -0.1) is 0 Å². The van der Waals surface area contributed by atoms with E-state index in [-0.39, 0.29) is 0 Å². The molecule has 2 heteroatoms. The highest BCUT2D eigenvalue weighted by molar-refractivity contribution is 9.10. The summed E-state index contributed by atoms with van der Waals surface area (Å²) < 4.78 is 1.23. The third kappa shape index (κ3) is 5.22. The first-order chi connectivity index (χ1) is 8.15. The van der Waals surface area contributed by atoms with Crippen molar-refractivity contribution in [1.82, 2.24) is 5.32 Å². The number of halogens is 1. The zero-order chi connectivity index (χ0) is 12.7. The van der Waals surface area contributed by atoms with Crippen LogP contribution in [-0.2, 0) is 6.42 Å². The summed E-state index contributed by atoms with van der Waals surface area (Å²) in [6.07, 6.45) is 5.13. The number of nitrogens with one attached hydrogen (secondary N) is 1. The molecule has 1 rings (SSSR count). The van der Waals surface area contributed by atoms with Crippen LogP contribution in [0.15, 0.2) is 16.6 Å². The Balaban J connectivity index is 2.34. The van der Waals surface area contributed by atoms with Gasteiger partial charge < -0.3 is 5.32 Å².